The molecule has 2 aliphatic carbocycles. The topological polar surface area (TPSA) is 125 Å². The Balaban J connectivity index is 1.15. The van der Waals surface area contributed by atoms with Crippen molar-refractivity contribution < 1.29 is 37.0 Å². The van der Waals surface area contributed by atoms with Crippen molar-refractivity contribution in [2.75, 3.05) is 24.4 Å². The second kappa shape index (κ2) is 10.8. The van der Waals surface area contributed by atoms with Crippen LogP contribution >= 0.6 is 0 Å². The smallest absolute Gasteiger partial charge is 0.240 e. The standard InChI is InChI=1S/C31H27F3N4O5/c1-41-26-14-19-24(15-27(26)42-16-30(35)7-8-30)36-11-6-25(19)43-18-3-5-23(22(34)13-18)38-29(40)31(9-10-31)28(39)37-17-2-4-20(32)21(33)12-17/h2-6,11-15H,7-10,16,35H2,1H3,(H,37,39)(H,38,40). The summed E-state index contributed by atoms with van der Waals surface area (Å²) >= 11 is 0. The lowest BCUT2D eigenvalue weighted by atomic mass is 10.0. The third kappa shape index (κ3) is 5.78. The Bertz CT molecular complexity index is 1760. The maximum atomic E-state index is 15.1. The number of carbonyl (C=O) groups is 2. The summed E-state index contributed by atoms with van der Waals surface area (Å²) in [7, 11) is 1.51. The van der Waals surface area contributed by atoms with Gasteiger partial charge in [-0.3, -0.25) is 14.6 Å². The first kappa shape index (κ1) is 28.3. The van der Waals surface area contributed by atoms with E-state index in [1.165, 1.54) is 25.3 Å². The van der Waals surface area contributed by atoms with Gasteiger partial charge in [0.15, 0.2) is 23.1 Å². The number of anilines is 2. The summed E-state index contributed by atoms with van der Waals surface area (Å²) in [5, 5.41) is 5.48. The number of halogens is 3. The Labute approximate surface area is 244 Å². The minimum absolute atomic E-state index is 0.00266. The zero-order valence-corrected chi connectivity index (χ0v) is 23.0. The van der Waals surface area contributed by atoms with Gasteiger partial charge in [-0.2, -0.15) is 0 Å². The molecule has 2 amide bonds. The number of aromatic nitrogens is 1. The minimum Gasteiger partial charge on any atom is -0.493 e. The molecule has 12 heteroatoms. The van der Waals surface area contributed by atoms with Crippen LogP contribution in [0.4, 0.5) is 24.5 Å². The Hall–Kier alpha value is -4.84. The van der Waals surface area contributed by atoms with Gasteiger partial charge in [0.1, 0.15) is 29.3 Å². The SMILES string of the molecule is COc1cc2c(Oc3ccc(NC(=O)C4(C(=O)Nc5ccc(F)c(F)c5)CC4)c(F)c3)ccnc2cc1OCC1(N)CC1. The monoisotopic (exact) mass is 592 g/mol. The molecule has 6 rings (SSSR count). The van der Waals surface area contributed by atoms with Crippen LogP contribution in [0.5, 0.6) is 23.0 Å². The van der Waals surface area contributed by atoms with Crippen LogP contribution in [0.3, 0.4) is 0 Å². The van der Waals surface area contributed by atoms with Gasteiger partial charge in [-0.1, -0.05) is 0 Å². The number of carbonyl (C=O) groups excluding carboxylic acids is 2. The van der Waals surface area contributed by atoms with Crippen LogP contribution in [0.2, 0.25) is 0 Å². The molecule has 0 aliphatic heterocycles. The number of nitrogens with zero attached hydrogens (tertiary/aromatic N) is 1. The number of hydrogen-bond acceptors (Lipinski definition) is 7. The molecule has 222 valence electrons. The molecule has 4 aromatic rings. The number of nitrogens with one attached hydrogen (secondary N) is 2. The van der Waals surface area contributed by atoms with Crippen molar-refractivity contribution in [2.45, 2.75) is 31.2 Å². The van der Waals surface area contributed by atoms with Gasteiger partial charge in [-0.25, -0.2) is 13.2 Å². The van der Waals surface area contributed by atoms with Crippen LogP contribution in [0, 0.1) is 22.9 Å². The molecule has 43 heavy (non-hydrogen) atoms. The zero-order valence-electron chi connectivity index (χ0n) is 23.0. The van der Waals surface area contributed by atoms with E-state index in [-0.39, 0.29) is 35.5 Å². The summed E-state index contributed by atoms with van der Waals surface area (Å²) in [6.07, 6.45) is 3.78. The van der Waals surface area contributed by atoms with E-state index in [2.05, 4.69) is 15.6 Å². The number of rotatable bonds is 10. The molecular formula is C31H27F3N4O5. The lowest BCUT2D eigenvalue weighted by Gasteiger charge is -2.17. The molecule has 2 fully saturated rings. The number of amides is 2. The lowest BCUT2D eigenvalue weighted by Crippen LogP contribution is -2.35. The largest absolute Gasteiger partial charge is 0.493 e. The molecule has 9 nitrogen and oxygen atoms in total. The lowest BCUT2D eigenvalue weighted by molar-refractivity contribution is -0.131. The van der Waals surface area contributed by atoms with E-state index >= 15 is 4.39 Å². The van der Waals surface area contributed by atoms with Crippen LogP contribution < -0.4 is 30.6 Å². The number of benzene rings is 3. The number of methoxy groups -OCH3 is 1. The van der Waals surface area contributed by atoms with Crippen LogP contribution in [0.25, 0.3) is 10.9 Å². The normalized spacial score (nSPS) is 15.8. The van der Waals surface area contributed by atoms with E-state index in [0.29, 0.717) is 34.8 Å². The van der Waals surface area contributed by atoms with Crippen LogP contribution in [0.15, 0.2) is 60.8 Å². The average molecular weight is 593 g/mol. The number of hydrogen-bond donors (Lipinski definition) is 3. The predicted molar refractivity (Wildman–Crippen MR) is 152 cm³/mol. The maximum absolute atomic E-state index is 15.1. The van der Waals surface area contributed by atoms with Gasteiger partial charge in [0, 0.05) is 35.5 Å². The van der Waals surface area contributed by atoms with E-state index < -0.39 is 34.7 Å². The van der Waals surface area contributed by atoms with Crippen LogP contribution in [-0.2, 0) is 9.59 Å². The summed E-state index contributed by atoms with van der Waals surface area (Å²) < 4.78 is 59.2. The van der Waals surface area contributed by atoms with E-state index in [0.717, 1.165) is 31.0 Å². The van der Waals surface area contributed by atoms with Gasteiger partial charge in [-0.15, -0.1) is 0 Å². The highest BCUT2D eigenvalue weighted by Crippen LogP contribution is 2.48. The molecule has 0 bridgehead atoms. The van der Waals surface area contributed by atoms with Gasteiger partial charge in [0.2, 0.25) is 11.8 Å². The molecule has 0 spiro atoms. The molecule has 2 aliphatic rings. The molecule has 0 atom stereocenters. The average Bonchev–Trinajstić information content (AvgIpc) is 3.92. The fraction of sp³-hybridized carbons (Fsp3) is 0.258. The van der Waals surface area contributed by atoms with Gasteiger partial charge < -0.3 is 30.6 Å². The molecule has 1 heterocycles. The third-order valence-corrected chi connectivity index (χ3v) is 7.61. The molecular weight excluding hydrogens is 565 g/mol. The number of ether oxygens (including phenoxy) is 3. The Morgan fingerprint density at radius 3 is 2.30 bits per heavy atom. The molecule has 2 saturated carbocycles. The molecule has 0 radical (unpaired) electrons. The van der Waals surface area contributed by atoms with Crippen molar-refractivity contribution in [1.29, 1.82) is 0 Å². The first-order valence-electron chi connectivity index (χ1n) is 13.5. The molecule has 3 aromatic carbocycles. The van der Waals surface area contributed by atoms with Crippen molar-refractivity contribution in [3.05, 3.63) is 78.2 Å². The Kier molecular flexibility index (Phi) is 7.09. The minimum atomic E-state index is -1.45. The van der Waals surface area contributed by atoms with Crippen molar-refractivity contribution in [1.82, 2.24) is 4.98 Å². The van der Waals surface area contributed by atoms with Crippen LogP contribution in [0.1, 0.15) is 25.7 Å². The fourth-order valence-electron chi connectivity index (χ4n) is 4.55. The van der Waals surface area contributed by atoms with Crippen molar-refractivity contribution in [2.24, 2.45) is 11.1 Å². The van der Waals surface area contributed by atoms with E-state index in [1.54, 1.807) is 24.4 Å². The molecule has 0 unspecified atom stereocenters. The summed E-state index contributed by atoms with van der Waals surface area (Å²) in [4.78, 5) is 30.2. The van der Waals surface area contributed by atoms with Gasteiger partial charge in [0.25, 0.3) is 0 Å². The Morgan fingerprint density at radius 1 is 0.860 bits per heavy atom. The number of pyridine rings is 1. The summed E-state index contributed by atoms with van der Waals surface area (Å²) in [5.41, 5.74) is 4.79. The summed E-state index contributed by atoms with van der Waals surface area (Å²) in [6, 6.07) is 11.8. The highest BCUT2D eigenvalue weighted by Gasteiger charge is 2.56. The van der Waals surface area contributed by atoms with E-state index in [9.17, 15) is 18.4 Å². The van der Waals surface area contributed by atoms with Crippen molar-refractivity contribution in [3.8, 4) is 23.0 Å². The second-order valence-electron chi connectivity index (χ2n) is 10.8. The molecule has 4 N–H and O–H groups in total. The van der Waals surface area contributed by atoms with Crippen molar-refractivity contribution in [3.63, 3.8) is 0 Å². The summed E-state index contributed by atoms with van der Waals surface area (Å²) in [6.45, 7) is 0.354. The van der Waals surface area contributed by atoms with E-state index in [1.807, 2.05) is 0 Å². The highest BCUT2D eigenvalue weighted by atomic mass is 19.2. The van der Waals surface area contributed by atoms with E-state index in [4.69, 9.17) is 19.9 Å². The zero-order chi connectivity index (χ0) is 30.4. The second-order valence-corrected chi connectivity index (χ2v) is 10.8. The van der Waals surface area contributed by atoms with Crippen molar-refractivity contribution >= 4 is 34.1 Å². The summed E-state index contributed by atoms with van der Waals surface area (Å²) in [5.74, 6) is -2.91. The molecule has 1 aromatic heterocycles. The Morgan fingerprint density at radius 2 is 1.63 bits per heavy atom. The van der Waals surface area contributed by atoms with Gasteiger partial charge >= 0.3 is 0 Å². The first-order valence-corrected chi connectivity index (χ1v) is 13.5. The van der Waals surface area contributed by atoms with Crippen LogP contribution in [-0.4, -0.2) is 36.1 Å². The van der Waals surface area contributed by atoms with Gasteiger partial charge in [0.05, 0.1) is 23.9 Å². The van der Waals surface area contributed by atoms with Gasteiger partial charge in [-0.05, 0) is 62.1 Å². The number of fused-ring (bicyclic) bond motifs is 1. The maximum Gasteiger partial charge on any atom is 0.240 e. The predicted octanol–water partition coefficient (Wildman–Crippen LogP) is 5.68. The fourth-order valence-corrected chi connectivity index (χ4v) is 4.55. The highest BCUT2D eigenvalue weighted by molar-refractivity contribution is 6.17. The number of nitrogens with two attached hydrogens (primary N) is 1. The quantitative estimate of drug-likeness (QED) is 0.202. The molecule has 0 saturated heterocycles. The first-order chi connectivity index (χ1) is 20.6. The third-order valence-electron chi connectivity index (χ3n) is 7.61.